The summed E-state index contributed by atoms with van der Waals surface area (Å²) in [4.78, 5) is 28.7. The molecule has 1 saturated heterocycles. The fraction of sp³-hybridized carbons (Fsp3) is 0.533. The summed E-state index contributed by atoms with van der Waals surface area (Å²) >= 11 is 0. The third kappa shape index (κ3) is 4.70. The lowest BCUT2D eigenvalue weighted by molar-refractivity contribution is -0.121. The van der Waals surface area contributed by atoms with Gasteiger partial charge < -0.3 is 20.3 Å². The highest BCUT2D eigenvalue weighted by Crippen LogP contribution is 2.18. The zero-order chi connectivity index (χ0) is 15.9. The van der Waals surface area contributed by atoms with Gasteiger partial charge in [0.1, 0.15) is 0 Å². The second-order valence-corrected chi connectivity index (χ2v) is 5.58. The second-order valence-electron chi connectivity index (χ2n) is 5.58. The molecule has 7 nitrogen and oxygen atoms in total. The first-order valence-corrected chi connectivity index (χ1v) is 7.27. The van der Waals surface area contributed by atoms with Crippen LogP contribution in [0.2, 0.25) is 0 Å². The van der Waals surface area contributed by atoms with Crippen LogP contribution in [0.4, 0.5) is 4.79 Å². The molecule has 3 amide bonds. The van der Waals surface area contributed by atoms with Crippen LogP contribution in [0.1, 0.15) is 5.56 Å². The third-order valence-electron chi connectivity index (χ3n) is 3.60. The van der Waals surface area contributed by atoms with Gasteiger partial charge in [0.25, 0.3) is 0 Å². The number of hydrogen-bond donors (Lipinski definition) is 2. The van der Waals surface area contributed by atoms with E-state index in [1.165, 1.54) is 10.5 Å². The molecule has 1 fully saturated rings. The fourth-order valence-electron chi connectivity index (χ4n) is 2.35. The van der Waals surface area contributed by atoms with E-state index >= 15 is 0 Å². The zero-order valence-corrected chi connectivity index (χ0v) is 12.9. The van der Waals surface area contributed by atoms with Crippen LogP contribution >= 0.6 is 0 Å². The predicted molar refractivity (Wildman–Crippen MR) is 81.3 cm³/mol. The first-order chi connectivity index (χ1) is 10.6. The van der Waals surface area contributed by atoms with E-state index < -0.39 is 0 Å². The van der Waals surface area contributed by atoms with Crippen LogP contribution in [0, 0.1) is 5.92 Å². The van der Waals surface area contributed by atoms with Gasteiger partial charge in [-0.1, -0.05) is 0 Å². The first-order valence-electron chi connectivity index (χ1n) is 7.27. The Morgan fingerprint density at radius 2 is 2.05 bits per heavy atom. The molecule has 0 aromatic carbocycles. The maximum absolute atomic E-state index is 11.9. The Morgan fingerprint density at radius 3 is 2.73 bits per heavy atom. The molecule has 120 valence electrons. The molecule has 2 heterocycles. The highest BCUT2D eigenvalue weighted by molar-refractivity contribution is 5.83. The number of hydrogen-bond acceptors (Lipinski definition) is 4. The Hall–Kier alpha value is -2.15. The van der Waals surface area contributed by atoms with Crippen molar-refractivity contribution < 1.29 is 14.3 Å². The number of aromatic nitrogens is 1. The van der Waals surface area contributed by atoms with E-state index in [-0.39, 0.29) is 30.4 Å². The number of carbonyl (C=O) groups is 2. The van der Waals surface area contributed by atoms with E-state index in [9.17, 15) is 9.59 Å². The first kappa shape index (κ1) is 16.2. The summed E-state index contributed by atoms with van der Waals surface area (Å²) in [6.07, 6.45) is 4.35. The molecule has 0 saturated carbocycles. The summed E-state index contributed by atoms with van der Waals surface area (Å²) in [6.45, 7) is 1.09. The largest absolute Gasteiger partial charge is 0.379 e. The number of rotatable bonds is 5. The molecule has 1 aromatic rings. The van der Waals surface area contributed by atoms with Crippen molar-refractivity contribution in [2.45, 2.75) is 12.5 Å². The van der Waals surface area contributed by atoms with Crippen LogP contribution in [0.25, 0.3) is 0 Å². The molecule has 22 heavy (non-hydrogen) atoms. The van der Waals surface area contributed by atoms with Gasteiger partial charge >= 0.3 is 6.03 Å². The van der Waals surface area contributed by atoms with Gasteiger partial charge in [-0.05, 0) is 24.1 Å². The van der Waals surface area contributed by atoms with Crippen LogP contribution in [-0.2, 0) is 16.0 Å². The minimum Gasteiger partial charge on any atom is -0.379 e. The van der Waals surface area contributed by atoms with Crippen LogP contribution < -0.4 is 10.6 Å². The van der Waals surface area contributed by atoms with Gasteiger partial charge in [-0.2, -0.15) is 0 Å². The summed E-state index contributed by atoms with van der Waals surface area (Å²) in [6, 6.07) is 3.62. The van der Waals surface area contributed by atoms with E-state index in [1.807, 2.05) is 12.1 Å². The van der Waals surface area contributed by atoms with E-state index in [0.29, 0.717) is 13.2 Å². The topological polar surface area (TPSA) is 83.6 Å². The monoisotopic (exact) mass is 306 g/mol. The Labute approximate surface area is 130 Å². The number of nitrogens with zero attached hydrogens (tertiary/aromatic N) is 2. The average Bonchev–Trinajstić information content (AvgIpc) is 2.92. The molecule has 1 aromatic heterocycles. The number of carbonyl (C=O) groups excluding carboxylic acids is 2. The highest BCUT2D eigenvalue weighted by Gasteiger charge is 2.29. The van der Waals surface area contributed by atoms with Crippen molar-refractivity contribution in [3.8, 4) is 0 Å². The molecule has 7 heteroatoms. The van der Waals surface area contributed by atoms with Crippen LogP contribution in [0.3, 0.4) is 0 Å². The quantitative estimate of drug-likeness (QED) is 0.804. The zero-order valence-electron chi connectivity index (χ0n) is 12.9. The van der Waals surface area contributed by atoms with Crippen molar-refractivity contribution in [1.82, 2.24) is 20.5 Å². The lowest BCUT2D eigenvalue weighted by Gasteiger charge is -2.19. The van der Waals surface area contributed by atoms with E-state index in [2.05, 4.69) is 15.6 Å². The fourth-order valence-corrected chi connectivity index (χ4v) is 2.35. The summed E-state index contributed by atoms with van der Waals surface area (Å²) < 4.78 is 5.48. The van der Waals surface area contributed by atoms with Gasteiger partial charge in [0.2, 0.25) is 5.91 Å². The highest BCUT2D eigenvalue weighted by atomic mass is 16.5. The van der Waals surface area contributed by atoms with Gasteiger partial charge in [-0.25, -0.2) is 4.79 Å². The molecule has 0 unspecified atom stereocenters. The van der Waals surface area contributed by atoms with Gasteiger partial charge in [0, 0.05) is 32.4 Å². The van der Waals surface area contributed by atoms with Crippen LogP contribution in [-0.4, -0.2) is 61.7 Å². The SMILES string of the molecule is CN(C)C(=O)NCC(=O)N[C@H]1COC[C@H]1Cc1ccncc1. The van der Waals surface area contributed by atoms with Gasteiger partial charge in [-0.3, -0.25) is 9.78 Å². The van der Waals surface area contributed by atoms with E-state index in [4.69, 9.17) is 4.74 Å². The molecule has 0 spiro atoms. The summed E-state index contributed by atoms with van der Waals surface area (Å²) in [5.41, 5.74) is 1.17. The van der Waals surface area contributed by atoms with Crippen molar-refractivity contribution in [2.75, 3.05) is 33.9 Å². The molecule has 1 aliphatic rings. The second kappa shape index (κ2) is 7.74. The summed E-state index contributed by atoms with van der Waals surface area (Å²) in [5.74, 6) is 0.0290. The molecule has 0 aliphatic carbocycles. The van der Waals surface area contributed by atoms with Crippen LogP contribution in [0.5, 0.6) is 0 Å². The lowest BCUT2D eigenvalue weighted by Crippen LogP contribution is -2.47. The van der Waals surface area contributed by atoms with E-state index in [0.717, 1.165) is 6.42 Å². The van der Waals surface area contributed by atoms with Crippen molar-refractivity contribution >= 4 is 11.9 Å². The Bertz CT molecular complexity index is 507. The van der Waals surface area contributed by atoms with Crippen molar-refractivity contribution in [3.05, 3.63) is 30.1 Å². The summed E-state index contributed by atoms with van der Waals surface area (Å²) in [7, 11) is 3.26. The van der Waals surface area contributed by atoms with Crippen LogP contribution in [0.15, 0.2) is 24.5 Å². The Balaban J connectivity index is 1.81. The Kier molecular flexibility index (Phi) is 5.71. The standard InChI is InChI=1S/C15H22N4O3/c1-19(2)15(21)17-8-14(20)18-13-10-22-9-12(13)7-11-3-5-16-6-4-11/h3-6,12-13H,7-10H2,1-2H3,(H,17,21)(H,18,20)/t12-,13+/m1/s1. The minimum atomic E-state index is -0.286. The minimum absolute atomic E-state index is 0.0306. The lowest BCUT2D eigenvalue weighted by atomic mass is 9.95. The Morgan fingerprint density at radius 1 is 1.32 bits per heavy atom. The molecular weight excluding hydrogens is 284 g/mol. The molecular formula is C15H22N4O3. The van der Waals surface area contributed by atoms with Crippen molar-refractivity contribution in [1.29, 1.82) is 0 Å². The van der Waals surface area contributed by atoms with Gasteiger partial charge in [-0.15, -0.1) is 0 Å². The average molecular weight is 306 g/mol. The van der Waals surface area contributed by atoms with Crippen molar-refractivity contribution in [2.24, 2.45) is 5.92 Å². The van der Waals surface area contributed by atoms with E-state index in [1.54, 1.807) is 26.5 Å². The predicted octanol–water partition coefficient (Wildman–Crippen LogP) is 0.0265. The molecule has 2 N–H and O–H groups in total. The number of pyridine rings is 1. The normalized spacial score (nSPS) is 20.5. The number of nitrogens with one attached hydrogen (secondary N) is 2. The molecule has 2 atom stereocenters. The summed E-state index contributed by atoms with van der Waals surface area (Å²) in [5, 5.41) is 5.48. The molecule has 2 rings (SSSR count). The molecule has 0 radical (unpaired) electrons. The maximum atomic E-state index is 11.9. The van der Waals surface area contributed by atoms with Gasteiger partial charge in [0.15, 0.2) is 0 Å². The third-order valence-corrected chi connectivity index (χ3v) is 3.60. The number of amides is 3. The smallest absolute Gasteiger partial charge is 0.317 e. The van der Waals surface area contributed by atoms with Crippen molar-refractivity contribution in [3.63, 3.8) is 0 Å². The maximum Gasteiger partial charge on any atom is 0.317 e. The molecule has 1 aliphatic heterocycles. The number of ether oxygens (including phenoxy) is 1. The van der Waals surface area contributed by atoms with Gasteiger partial charge in [0.05, 0.1) is 25.8 Å². The molecule has 0 bridgehead atoms. The number of urea groups is 1.